The van der Waals surface area contributed by atoms with Crippen molar-refractivity contribution in [2.24, 2.45) is 0 Å². The molecule has 0 unspecified atom stereocenters. The Kier molecular flexibility index (Phi) is 7.88. The molecular formula is C25H33N7O5S. The van der Waals surface area contributed by atoms with Crippen molar-refractivity contribution in [3.63, 3.8) is 0 Å². The third-order valence-electron chi connectivity index (χ3n) is 6.91. The Labute approximate surface area is 225 Å². The van der Waals surface area contributed by atoms with Gasteiger partial charge in [0.05, 0.1) is 37.6 Å². The van der Waals surface area contributed by atoms with Gasteiger partial charge in [-0.05, 0) is 19.4 Å². The number of hydrogen-bond donors (Lipinski definition) is 1. The zero-order valence-electron chi connectivity index (χ0n) is 22.1. The molecule has 1 amide bonds. The van der Waals surface area contributed by atoms with E-state index >= 15 is 0 Å². The lowest BCUT2D eigenvalue weighted by Crippen LogP contribution is -2.50. The van der Waals surface area contributed by atoms with E-state index in [-0.39, 0.29) is 11.9 Å². The SMILES string of the molecule is COc1ncc(-c2nc(N3CCOCC3)c3sc(CN4CCN(C(=O)[C@H](C)O)CC4)c(C)c3n2)c(OC)n1. The molecule has 0 aromatic carbocycles. The molecule has 1 N–H and O–H groups in total. The molecule has 2 saturated heterocycles. The molecule has 12 nitrogen and oxygen atoms in total. The number of rotatable bonds is 7. The Hall–Kier alpha value is -3.13. The highest BCUT2D eigenvalue weighted by Crippen LogP contribution is 2.39. The van der Waals surface area contributed by atoms with Gasteiger partial charge in [-0.1, -0.05) is 0 Å². The molecule has 1 atom stereocenters. The lowest BCUT2D eigenvalue weighted by molar-refractivity contribution is -0.141. The highest BCUT2D eigenvalue weighted by molar-refractivity contribution is 7.19. The number of aromatic nitrogens is 4. The van der Waals surface area contributed by atoms with Crippen LogP contribution in [-0.4, -0.2) is 114 Å². The molecule has 2 aliphatic heterocycles. The van der Waals surface area contributed by atoms with Crippen molar-refractivity contribution in [2.45, 2.75) is 26.5 Å². The maximum Gasteiger partial charge on any atom is 0.319 e. The van der Waals surface area contributed by atoms with Gasteiger partial charge < -0.3 is 29.1 Å². The Morgan fingerprint density at radius 2 is 1.84 bits per heavy atom. The van der Waals surface area contributed by atoms with Crippen molar-refractivity contribution < 1.29 is 24.1 Å². The first-order valence-corrected chi connectivity index (χ1v) is 13.5. The largest absolute Gasteiger partial charge is 0.480 e. The van der Waals surface area contributed by atoms with Gasteiger partial charge in [-0.25, -0.2) is 15.0 Å². The number of thiophene rings is 1. The fourth-order valence-electron chi connectivity index (χ4n) is 4.73. The van der Waals surface area contributed by atoms with Crippen LogP contribution in [0.15, 0.2) is 6.20 Å². The van der Waals surface area contributed by atoms with Crippen LogP contribution in [0.3, 0.4) is 0 Å². The Balaban J connectivity index is 1.50. The summed E-state index contributed by atoms with van der Waals surface area (Å²) in [5.74, 6) is 1.51. The molecule has 0 aliphatic carbocycles. The van der Waals surface area contributed by atoms with E-state index in [4.69, 9.17) is 24.2 Å². The average Bonchev–Trinajstić information content (AvgIpc) is 3.27. The number of methoxy groups -OCH3 is 2. The predicted molar refractivity (Wildman–Crippen MR) is 143 cm³/mol. The number of morpholine rings is 1. The summed E-state index contributed by atoms with van der Waals surface area (Å²) in [4.78, 5) is 38.3. The summed E-state index contributed by atoms with van der Waals surface area (Å²) in [5, 5.41) is 9.64. The first-order chi connectivity index (χ1) is 18.4. The molecule has 38 heavy (non-hydrogen) atoms. The number of aliphatic hydroxyl groups excluding tert-OH is 1. The van der Waals surface area contributed by atoms with Crippen LogP contribution in [0.1, 0.15) is 17.4 Å². The molecule has 0 spiro atoms. The van der Waals surface area contributed by atoms with Crippen LogP contribution in [0, 0.1) is 6.92 Å². The fourth-order valence-corrected chi connectivity index (χ4v) is 6.04. The topological polar surface area (TPSA) is 126 Å². The van der Waals surface area contributed by atoms with E-state index in [1.165, 1.54) is 18.9 Å². The molecule has 0 saturated carbocycles. The summed E-state index contributed by atoms with van der Waals surface area (Å²) < 4.78 is 17.3. The van der Waals surface area contributed by atoms with Crippen molar-refractivity contribution in [3.05, 3.63) is 16.6 Å². The number of anilines is 1. The summed E-state index contributed by atoms with van der Waals surface area (Å²) in [7, 11) is 3.06. The van der Waals surface area contributed by atoms with Gasteiger partial charge in [-0.3, -0.25) is 9.69 Å². The molecule has 0 radical (unpaired) electrons. The molecule has 204 valence electrons. The van der Waals surface area contributed by atoms with E-state index in [1.807, 2.05) is 0 Å². The molecule has 2 aliphatic rings. The highest BCUT2D eigenvalue weighted by atomic mass is 32.1. The second kappa shape index (κ2) is 11.3. The summed E-state index contributed by atoms with van der Waals surface area (Å²) in [6.07, 6.45) is 0.665. The van der Waals surface area contributed by atoms with E-state index in [9.17, 15) is 9.90 Å². The third-order valence-corrected chi connectivity index (χ3v) is 8.18. The Bertz CT molecular complexity index is 1300. The van der Waals surface area contributed by atoms with Gasteiger partial charge in [0, 0.05) is 56.9 Å². The van der Waals surface area contributed by atoms with Crippen LogP contribution in [0.25, 0.3) is 21.6 Å². The van der Waals surface area contributed by atoms with Crippen LogP contribution < -0.4 is 14.4 Å². The normalized spacial score (nSPS) is 17.6. The molecule has 3 aromatic heterocycles. The minimum atomic E-state index is -0.965. The third kappa shape index (κ3) is 5.23. The van der Waals surface area contributed by atoms with Gasteiger partial charge in [0.1, 0.15) is 11.7 Å². The second-order valence-electron chi connectivity index (χ2n) is 9.36. The highest BCUT2D eigenvalue weighted by Gasteiger charge is 2.27. The molecular weight excluding hydrogens is 510 g/mol. The zero-order valence-corrected chi connectivity index (χ0v) is 23.0. The molecule has 5 rings (SSSR count). The molecule has 3 aromatic rings. The summed E-state index contributed by atoms with van der Waals surface area (Å²) in [6.45, 7) is 9.86. The summed E-state index contributed by atoms with van der Waals surface area (Å²) in [6, 6.07) is 0.212. The smallest absolute Gasteiger partial charge is 0.319 e. The van der Waals surface area contributed by atoms with Crippen molar-refractivity contribution >= 4 is 33.3 Å². The number of carbonyl (C=O) groups is 1. The first kappa shape index (κ1) is 26.5. The average molecular weight is 544 g/mol. The first-order valence-electron chi connectivity index (χ1n) is 12.7. The number of piperazine rings is 1. The number of aliphatic hydroxyl groups is 1. The quantitative estimate of drug-likeness (QED) is 0.464. The van der Waals surface area contributed by atoms with E-state index in [1.54, 1.807) is 29.5 Å². The van der Waals surface area contributed by atoms with Gasteiger partial charge in [-0.2, -0.15) is 4.98 Å². The van der Waals surface area contributed by atoms with Crippen LogP contribution in [0.2, 0.25) is 0 Å². The molecule has 2 fully saturated rings. The Morgan fingerprint density at radius 1 is 1.11 bits per heavy atom. The van der Waals surface area contributed by atoms with Crippen molar-refractivity contribution in [1.29, 1.82) is 0 Å². The molecule has 13 heteroatoms. The maximum absolute atomic E-state index is 12.2. The number of amides is 1. The van der Waals surface area contributed by atoms with Crippen molar-refractivity contribution in [2.75, 3.05) is 71.6 Å². The van der Waals surface area contributed by atoms with E-state index in [0.717, 1.165) is 54.3 Å². The number of fused-ring (bicyclic) bond motifs is 1. The standard InChI is InChI=1S/C25H33N7O5S/c1-15-18(14-30-5-7-32(8-6-30)24(34)16(2)33)38-20-19(15)27-21(28-22(20)31-9-11-37-12-10-31)17-13-26-25(36-4)29-23(17)35-3/h13,16,33H,5-12,14H2,1-4H3/t16-/m0/s1. The van der Waals surface area contributed by atoms with Crippen molar-refractivity contribution in [1.82, 2.24) is 29.7 Å². The summed E-state index contributed by atoms with van der Waals surface area (Å²) in [5.41, 5.74) is 2.60. The second-order valence-corrected chi connectivity index (χ2v) is 10.5. The van der Waals surface area contributed by atoms with Crippen LogP contribution in [0.4, 0.5) is 5.82 Å². The number of nitrogens with zero attached hydrogens (tertiary/aromatic N) is 7. The lowest BCUT2D eigenvalue weighted by Gasteiger charge is -2.35. The lowest BCUT2D eigenvalue weighted by atomic mass is 10.2. The van der Waals surface area contributed by atoms with E-state index in [2.05, 4.69) is 26.7 Å². The molecule has 0 bridgehead atoms. The van der Waals surface area contributed by atoms with Gasteiger partial charge in [0.15, 0.2) is 11.6 Å². The molecule has 5 heterocycles. The number of carbonyl (C=O) groups excluding carboxylic acids is 1. The van der Waals surface area contributed by atoms with E-state index in [0.29, 0.717) is 43.6 Å². The van der Waals surface area contributed by atoms with Gasteiger partial charge in [0.25, 0.3) is 5.91 Å². The van der Waals surface area contributed by atoms with E-state index < -0.39 is 6.10 Å². The van der Waals surface area contributed by atoms with Crippen LogP contribution in [-0.2, 0) is 16.1 Å². The van der Waals surface area contributed by atoms with Crippen LogP contribution in [0.5, 0.6) is 11.9 Å². The summed E-state index contributed by atoms with van der Waals surface area (Å²) >= 11 is 1.72. The van der Waals surface area contributed by atoms with Gasteiger partial charge in [-0.15, -0.1) is 11.3 Å². The van der Waals surface area contributed by atoms with Crippen molar-refractivity contribution in [3.8, 4) is 23.3 Å². The Morgan fingerprint density at radius 3 is 2.50 bits per heavy atom. The number of aryl methyl sites for hydroxylation is 1. The minimum Gasteiger partial charge on any atom is -0.480 e. The van der Waals surface area contributed by atoms with Crippen LogP contribution >= 0.6 is 11.3 Å². The number of ether oxygens (including phenoxy) is 3. The fraction of sp³-hybridized carbons (Fsp3) is 0.560. The van der Waals surface area contributed by atoms with Gasteiger partial charge in [0.2, 0.25) is 5.88 Å². The van der Waals surface area contributed by atoms with Gasteiger partial charge >= 0.3 is 6.01 Å². The predicted octanol–water partition coefficient (Wildman–Crippen LogP) is 1.34. The monoisotopic (exact) mass is 543 g/mol. The number of hydrogen-bond acceptors (Lipinski definition) is 12. The maximum atomic E-state index is 12.2. The zero-order chi connectivity index (χ0) is 26.8. The minimum absolute atomic E-state index is 0.210.